The summed E-state index contributed by atoms with van der Waals surface area (Å²) >= 11 is 0. The molecule has 0 aliphatic carbocycles. The topological polar surface area (TPSA) is 28.2 Å². The van der Waals surface area contributed by atoms with Crippen LogP contribution in [-0.2, 0) is 6.42 Å². The molecule has 1 aliphatic heterocycles. The third-order valence-corrected chi connectivity index (χ3v) is 3.95. The molecule has 0 saturated carbocycles. The fraction of sp³-hybridized carbons (Fsp3) is 0.353. The maximum Gasteiger partial charge on any atom is 0.0556 e. The molecule has 2 heterocycles. The second kappa shape index (κ2) is 6.06. The van der Waals surface area contributed by atoms with E-state index in [4.69, 9.17) is 0 Å². The van der Waals surface area contributed by atoms with E-state index in [1.807, 2.05) is 18.5 Å². The van der Waals surface area contributed by atoms with Gasteiger partial charge >= 0.3 is 0 Å². The van der Waals surface area contributed by atoms with E-state index in [0.717, 1.165) is 19.5 Å². The summed E-state index contributed by atoms with van der Waals surface area (Å²) in [4.78, 5) is 6.70. The number of aromatic nitrogens is 1. The minimum Gasteiger partial charge on any atom is -0.365 e. The number of nitrogens with zero attached hydrogens (tertiary/aromatic N) is 2. The van der Waals surface area contributed by atoms with E-state index in [9.17, 15) is 0 Å². The summed E-state index contributed by atoms with van der Waals surface area (Å²) in [6.45, 7) is 4.31. The van der Waals surface area contributed by atoms with Crippen LogP contribution in [0, 0.1) is 0 Å². The van der Waals surface area contributed by atoms with E-state index in [1.165, 1.54) is 11.3 Å². The number of anilines is 1. The van der Waals surface area contributed by atoms with Crippen molar-refractivity contribution < 1.29 is 0 Å². The summed E-state index contributed by atoms with van der Waals surface area (Å²) in [7, 11) is 0. The van der Waals surface area contributed by atoms with E-state index >= 15 is 0 Å². The zero-order valence-corrected chi connectivity index (χ0v) is 11.9. The van der Waals surface area contributed by atoms with Crippen molar-refractivity contribution in [2.75, 3.05) is 18.0 Å². The molecule has 1 fully saturated rings. The Morgan fingerprint density at radius 2 is 2.05 bits per heavy atom. The van der Waals surface area contributed by atoms with Gasteiger partial charge in [-0.15, -0.1) is 0 Å². The van der Waals surface area contributed by atoms with Crippen molar-refractivity contribution in [3.8, 4) is 0 Å². The molecular formula is C17H21N3. The van der Waals surface area contributed by atoms with Crippen LogP contribution in [0.15, 0.2) is 54.9 Å². The van der Waals surface area contributed by atoms with Crippen molar-refractivity contribution in [2.45, 2.75) is 25.4 Å². The minimum absolute atomic E-state index is 0.494. The molecule has 0 radical (unpaired) electrons. The Kier molecular flexibility index (Phi) is 3.97. The second-order valence-electron chi connectivity index (χ2n) is 5.51. The van der Waals surface area contributed by atoms with Crippen molar-refractivity contribution in [1.82, 2.24) is 10.3 Å². The highest BCUT2D eigenvalue weighted by Gasteiger charge is 2.25. The molecule has 2 atom stereocenters. The summed E-state index contributed by atoms with van der Waals surface area (Å²) < 4.78 is 0. The number of hydrogen-bond donors (Lipinski definition) is 1. The van der Waals surface area contributed by atoms with Crippen molar-refractivity contribution in [2.24, 2.45) is 0 Å². The Morgan fingerprint density at radius 1 is 1.20 bits per heavy atom. The second-order valence-corrected chi connectivity index (χ2v) is 5.51. The summed E-state index contributed by atoms with van der Waals surface area (Å²) in [5.74, 6) is 0. The van der Waals surface area contributed by atoms with Crippen LogP contribution < -0.4 is 10.2 Å². The third kappa shape index (κ3) is 2.99. The van der Waals surface area contributed by atoms with Crippen LogP contribution in [0.1, 0.15) is 12.5 Å². The third-order valence-electron chi connectivity index (χ3n) is 3.95. The number of piperazine rings is 1. The molecule has 2 unspecified atom stereocenters. The van der Waals surface area contributed by atoms with Gasteiger partial charge in [0.1, 0.15) is 0 Å². The Bertz CT molecular complexity index is 526. The largest absolute Gasteiger partial charge is 0.365 e. The molecule has 0 amide bonds. The van der Waals surface area contributed by atoms with Gasteiger partial charge in [-0.25, -0.2) is 0 Å². The lowest BCUT2D eigenvalue weighted by Gasteiger charge is -2.40. The molecule has 3 nitrogen and oxygen atoms in total. The Hall–Kier alpha value is -1.87. The highest BCUT2D eigenvalue weighted by Crippen LogP contribution is 2.19. The van der Waals surface area contributed by atoms with Crippen molar-refractivity contribution in [3.05, 3.63) is 60.4 Å². The van der Waals surface area contributed by atoms with Gasteiger partial charge in [0.05, 0.1) is 11.9 Å². The van der Waals surface area contributed by atoms with Gasteiger partial charge in [-0.2, -0.15) is 0 Å². The predicted molar refractivity (Wildman–Crippen MR) is 83.0 cm³/mol. The fourth-order valence-electron chi connectivity index (χ4n) is 2.85. The average Bonchev–Trinajstić information content (AvgIpc) is 2.51. The number of rotatable bonds is 3. The Balaban J connectivity index is 1.70. The van der Waals surface area contributed by atoms with Crippen LogP contribution in [0.25, 0.3) is 0 Å². The van der Waals surface area contributed by atoms with E-state index in [1.54, 1.807) is 0 Å². The molecule has 0 bridgehead atoms. The first-order chi connectivity index (χ1) is 9.83. The molecule has 3 rings (SSSR count). The predicted octanol–water partition coefficient (Wildman–Crippen LogP) is 2.49. The smallest absolute Gasteiger partial charge is 0.0556 e. The van der Waals surface area contributed by atoms with Gasteiger partial charge in [-0.1, -0.05) is 30.3 Å². The molecule has 2 aromatic rings. The lowest BCUT2D eigenvalue weighted by Crippen LogP contribution is -2.56. The standard InChI is InChI=1S/C17H21N3/c1-14-11-19-16(10-15-6-3-2-4-7-15)13-20(14)17-8-5-9-18-12-17/h2-9,12,14,16,19H,10-11,13H2,1H3. The molecule has 1 aliphatic rings. The lowest BCUT2D eigenvalue weighted by molar-refractivity contribution is 0.403. The first-order valence-electron chi connectivity index (χ1n) is 7.27. The summed E-state index contributed by atoms with van der Waals surface area (Å²) in [6, 6.07) is 15.9. The van der Waals surface area contributed by atoms with Crippen LogP contribution in [0.3, 0.4) is 0 Å². The zero-order chi connectivity index (χ0) is 13.8. The summed E-state index contributed by atoms with van der Waals surface area (Å²) in [5.41, 5.74) is 2.62. The van der Waals surface area contributed by atoms with E-state index in [2.05, 4.69) is 58.5 Å². The molecule has 3 heteroatoms. The molecule has 1 N–H and O–H groups in total. The molecule has 1 aromatic carbocycles. The van der Waals surface area contributed by atoms with Crippen LogP contribution >= 0.6 is 0 Å². The summed E-state index contributed by atoms with van der Waals surface area (Å²) in [6.07, 6.45) is 4.86. The Morgan fingerprint density at radius 3 is 2.80 bits per heavy atom. The van der Waals surface area contributed by atoms with Gasteiger partial charge in [-0.05, 0) is 31.0 Å². The fourth-order valence-corrected chi connectivity index (χ4v) is 2.85. The maximum atomic E-state index is 4.24. The highest BCUT2D eigenvalue weighted by atomic mass is 15.2. The van der Waals surface area contributed by atoms with Crippen LogP contribution in [-0.4, -0.2) is 30.2 Å². The molecule has 20 heavy (non-hydrogen) atoms. The molecular weight excluding hydrogens is 246 g/mol. The number of benzene rings is 1. The number of pyridine rings is 1. The van der Waals surface area contributed by atoms with Gasteiger partial charge in [0, 0.05) is 31.4 Å². The molecule has 0 spiro atoms. The van der Waals surface area contributed by atoms with Gasteiger partial charge < -0.3 is 10.2 Å². The van der Waals surface area contributed by atoms with Crippen LogP contribution in [0.5, 0.6) is 0 Å². The van der Waals surface area contributed by atoms with E-state index in [0.29, 0.717) is 12.1 Å². The molecule has 1 saturated heterocycles. The Labute approximate surface area is 120 Å². The summed E-state index contributed by atoms with van der Waals surface area (Å²) in [5, 5.41) is 3.66. The normalized spacial score (nSPS) is 22.8. The van der Waals surface area contributed by atoms with Crippen molar-refractivity contribution in [3.63, 3.8) is 0 Å². The lowest BCUT2D eigenvalue weighted by atomic mass is 10.0. The zero-order valence-electron chi connectivity index (χ0n) is 11.9. The van der Waals surface area contributed by atoms with Gasteiger partial charge in [0.15, 0.2) is 0 Å². The first kappa shape index (κ1) is 13.1. The highest BCUT2D eigenvalue weighted by molar-refractivity contribution is 5.45. The quantitative estimate of drug-likeness (QED) is 0.926. The monoisotopic (exact) mass is 267 g/mol. The van der Waals surface area contributed by atoms with E-state index in [-0.39, 0.29) is 0 Å². The SMILES string of the molecule is CC1CNC(Cc2ccccc2)CN1c1cccnc1. The minimum atomic E-state index is 0.494. The maximum absolute atomic E-state index is 4.24. The van der Waals surface area contributed by atoms with E-state index < -0.39 is 0 Å². The van der Waals surface area contributed by atoms with Crippen LogP contribution in [0.2, 0.25) is 0 Å². The van der Waals surface area contributed by atoms with Crippen LogP contribution in [0.4, 0.5) is 5.69 Å². The van der Waals surface area contributed by atoms with Gasteiger partial charge in [0.25, 0.3) is 0 Å². The van der Waals surface area contributed by atoms with Gasteiger partial charge in [-0.3, -0.25) is 4.98 Å². The van der Waals surface area contributed by atoms with Crippen molar-refractivity contribution in [1.29, 1.82) is 0 Å². The molecule has 104 valence electrons. The first-order valence-corrected chi connectivity index (χ1v) is 7.27. The number of nitrogens with one attached hydrogen (secondary N) is 1. The van der Waals surface area contributed by atoms with Crippen molar-refractivity contribution >= 4 is 5.69 Å². The average molecular weight is 267 g/mol. The van der Waals surface area contributed by atoms with Gasteiger partial charge in [0.2, 0.25) is 0 Å². The number of hydrogen-bond acceptors (Lipinski definition) is 3. The molecule has 1 aromatic heterocycles.